The molecule has 1 fully saturated rings. The summed E-state index contributed by atoms with van der Waals surface area (Å²) in [6.45, 7) is 4.02. The average molecular weight is 365 g/mol. The van der Waals surface area contributed by atoms with Gasteiger partial charge in [-0.15, -0.1) is 12.4 Å². The Kier molecular flexibility index (Phi) is 6.71. The molecule has 20 heavy (non-hydrogen) atoms. The Morgan fingerprint density at radius 1 is 1.55 bits per heavy atom. The Labute approximate surface area is 132 Å². The first-order chi connectivity index (χ1) is 9.06. The average Bonchev–Trinajstić information content (AvgIpc) is 2.37. The zero-order valence-corrected chi connectivity index (χ0v) is 13.7. The molecular weight excluding hydrogens is 346 g/mol. The predicted octanol–water partition coefficient (Wildman–Crippen LogP) is 1.15. The SMILES string of the molecule is CC1CNCCC1NC(=O)Cn1cc(Br)ccc1=O.Cl. The molecule has 1 aliphatic heterocycles. The first-order valence-corrected chi connectivity index (χ1v) is 7.21. The lowest BCUT2D eigenvalue weighted by atomic mass is 9.95. The van der Waals surface area contributed by atoms with Gasteiger partial charge in [0.1, 0.15) is 6.54 Å². The summed E-state index contributed by atoms with van der Waals surface area (Å²) in [4.78, 5) is 23.6. The molecule has 1 saturated heterocycles. The van der Waals surface area contributed by atoms with Crippen molar-refractivity contribution in [3.63, 3.8) is 0 Å². The van der Waals surface area contributed by atoms with Crippen LogP contribution in [0, 0.1) is 5.92 Å². The second kappa shape index (κ2) is 7.81. The maximum Gasteiger partial charge on any atom is 0.251 e. The number of amides is 1. The van der Waals surface area contributed by atoms with Crippen LogP contribution in [0.3, 0.4) is 0 Å². The molecule has 0 radical (unpaired) electrons. The Morgan fingerprint density at radius 2 is 2.30 bits per heavy atom. The number of aromatic nitrogens is 1. The van der Waals surface area contributed by atoms with Gasteiger partial charge in [-0.1, -0.05) is 6.92 Å². The van der Waals surface area contributed by atoms with E-state index in [4.69, 9.17) is 0 Å². The Hall–Kier alpha value is -0.850. The van der Waals surface area contributed by atoms with Gasteiger partial charge in [0.2, 0.25) is 5.91 Å². The number of rotatable bonds is 3. The zero-order valence-electron chi connectivity index (χ0n) is 11.3. The number of pyridine rings is 1. The standard InChI is InChI=1S/C13H18BrN3O2.ClH/c1-9-6-15-5-4-11(9)16-12(18)8-17-7-10(14)2-3-13(17)19;/h2-3,7,9,11,15H,4-6,8H2,1H3,(H,16,18);1H. The topological polar surface area (TPSA) is 63.1 Å². The van der Waals surface area contributed by atoms with Crippen LogP contribution in [0.15, 0.2) is 27.6 Å². The Balaban J connectivity index is 0.00000200. The van der Waals surface area contributed by atoms with Crippen LogP contribution in [0.4, 0.5) is 0 Å². The van der Waals surface area contributed by atoms with Crippen molar-refractivity contribution in [2.24, 2.45) is 5.92 Å². The summed E-state index contributed by atoms with van der Waals surface area (Å²) in [7, 11) is 0. The zero-order chi connectivity index (χ0) is 13.8. The third-order valence-corrected chi connectivity index (χ3v) is 3.86. The normalized spacial score (nSPS) is 21.9. The lowest BCUT2D eigenvalue weighted by Crippen LogP contribution is -2.49. The monoisotopic (exact) mass is 363 g/mol. The van der Waals surface area contributed by atoms with Gasteiger partial charge in [0.05, 0.1) is 0 Å². The molecule has 7 heteroatoms. The number of halogens is 2. The molecule has 2 unspecified atom stereocenters. The maximum atomic E-state index is 12.0. The number of nitrogens with zero attached hydrogens (tertiary/aromatic N) is 1. The van der Waals surface area contributed by atoms with Gasteiger partial charge in [0.15, 0.2) is 0 Å². The van der Waals surface area contributed by atoms with Gasteiger partial charge in [0, 0.05) is 22.8 Å². The van der Waals surface area contributed by atoms with E-state index < -0.39 is 0 Å². The van der Waals surface area contributed by atoms with Crippen molar-refractivity contribution in [1.29, 1.82) is 0 Å². The summed E-state index contributed by atoms with van der Waals surface area (Å²) in [6.07, 6.45) is 2.56. The van der Waals surface area contributed by atoms with Crippen molar-refractivity contribution in [3.05, 3.63) is 33.2 Å². The number of hydrogen-bond acceptors (Lipinski definition) is 3. The van der Waals surface area contributed by atoms with Crippen LogP contribution in [-0.2, 0) is 11.3 Å². The molecule has 0 aromatic carbocycles. The molecule has 112 valence electrons. The van der Waals surface area contributed by atoms with Crippen LogP contribution in [0.1, 0.15) is 13.3 Å². The van der Waals surface area contributed by atoms with Gasteiger partial charge in [-0.3, -0.25) is 9.59 Å². The van der Waals surface area contributed by atoms with Crippen molar-refractivity contribution in [1.82, 2.24) is 15.2 Å². The third-order valence-electron chi connectivity index (χ3n) is 3.39. The van der Waals surface area contributed by atoms with E-state index in [1.54, 1.807) is 12.3 Å². The second-order valence-electron chi connectivity index (χ2n) is 4.96. The molecule has 2 rings (SSSR count). The van der Waals surface area contributed by atoms with Crippen LogP contribution in [-0.4, -0.2) is 29.6 Å². The van der Waals surface area contributed by atoms with Crippen molar-refractivity contribution in [2.75, 3.05) is 13.1 Å². The highest BCUT2D eigenvalue weighted by Gasteiger charge is 2.22. The van der Waals surface area contributed by atoms with E-state index in [2.05, 4.69) is 33.5 Å². The summed E-state index contributed by atoms with van der Waals surface area (Å²) in [5.41, 5.74) is -0.170. The van der Waals surface area contributed by atoms with Crippen LogP contribution in [0.2, 0.25) is 0 Å². The number of nitrogens with one attached hydrogen (secondary N) is 2. The molecule has 1 aromatic rings. The molecule has 2 N–H and O–H groups in total. The predicted molar refractivity (Wildman–Crippen MR) is 84.2 cm³/mol. The molecule has 0 aliphatic carbocycles. The van der Waals surface area contributed by atoms with E-state index >= 15 is 0 Å². The summed E-state index contributed by atoms with van der Waals surface area (Å²) < 4.78 is 2.20. The molecule has 0 spiro atoms. The van der Waals surface area contributed by atoms with E-state index in [0.29, 0.717) is 5.92 Å². The summed E-state index contributed by atoms with van der Waals surface area (Å²) in [6, 6.07) is 3.31. The molecule has 1 aliphatic rings. The minimum Gasteiger partial charge on any atom is -0.351 e. The molecule has 1 amide bonds. The fourth-order valence-electron chi connectivity index (χ4n) is 2.26. The van der Waals surface area contributed by atoms with Gasteiger partial charge in [-0.2, -0.15) is 0 Å². The highest BCUT2D eigenvalue weighted by Crippen LogP contribution is 2.10. The van der Waals surface area contributed by atoms with Crippen LogP contribution < -0.4 is 16.2 Å². The van der Waals surface area contributed by atoms with E-state index in [0.717, 1.165) is 24.0 Å². The minimum absolute atomic E-state index is 0. The summed E-state index contributed by atoms with van der Waals surface area (Å²) in [5.74, 6) is 0.302. The smallest absolute Gasteiger partial charge is 0.251 e. The third kappa shape index (κ3) is 4.61. The number of piperidine rings is 1. The molecule has 1 aromatic heterocycles. The molecule has 2 heterocycles. The lowest BCUT2D eigenvalue weighted by Gasteiger charge is -2.30. The quantitative estimate of drug-likeness (QED) is 0.846. The van der Waals surface area contributed by atoms with Gasteiger partial charge in [0.25, 0.3) is 5.56 Å². The van der Waals surface area contributed by atoms with Crippen molar-refractivity contribution in [2.45, 2.75) is 25.9 Å². The molecule has 2 atom stereocenters. The minimum atomic E-state index is -0.170. The highest BCUT2D eigenvalue weighted by atomic mass is 79.9. The van der Waals surface area contributed by atoms with Crippen molar-refractivity contribution < 1.29 is 4.79 Å². The van der Waals surface area contributed by atoms with Crippen molar-refractivity contribution in [3.8, 4) is 0 Å². The van der Waals surface area contributed by atoms with Crippen LogP contribution in [0.5, 0.6) is 0 Å². The first-order valence-electron chi connectivity index (χ1n) is 6.42. The summed E-state index contributed by atoms with van der Waals surface area (Å²) >= 11 is 3.29. The van der Waals surface area contributed by atoms with E-state index in [-0.39, 0.29) is 36.5 Å². The molecular formula is C13H19BrClN3O2. The van der Waals surface area contributed by atoms with Crippen LogP contribution >= 0.6 is 28.3 Å². The van der Waals surface area contributed by atoms with Gasteiger partial charge < -0.3 is 15.2 Å². The Bertz CT molecular complexity index is 521. The molecule has 0 bridgehead atoms. The van der Waals surface area contributed by atoms with Gasteiger partial charge in [-0.05, 0) is 47.4 Å². The molecule has 5 nitrogen and oxygen atoms in total. The highest BCUT2D eigenvalue weighted by molar-refractivity contribution is 9.10. The van der Waals surface area contributed by atoms with Gasteiger partial charge >= 0.3 is 0 Å². The van der Waals surface area contributed by atoms with Gasteiger partial charge in [-0.25, -0.2) is 0 Å². The Morgan fingerprint density at radius 3 is 3.00 bits per heavy atom. The lowest BCUT2D eigenvalue weighted by molar-refractivity contribution is -0.122. The largest absolute Gasteiger partial charge is 0.351 e. The fourth-order valence-corrected chi connectivity index (χ4v) is 2.64. The summed E-state index contributed by atoms with van der Waals surface area (Å²) in [5, 5.41) is 6.30. The maximum absolute atomic E-state index is 12.0. The first kappa shape index (κ1) is 17.2. The van der Waals surface area contributed by atoms with E-state index in [1.807, 2.05) is 0 Å². The number of hydrogen-bond donors (Lipinski definition) is 2. The van der Waals surface area contributed by atoms with Crippen molar-refractivity contribution >= 4 is 34.2 Å². The number of carbonyl (C=O) groups excluding carboxylic acids is 1. The van der Waals surface area contributed by atoms with E-state index in [1.165, 1.54) is 10.6 Å². The second-order valence-corrected chi connectivity index (χ2v) is 5.87. The number of carbonyl (C=O) groups is 1. The fraction of sp³-hybridized carbons (Fsp3) is 0.538. The van der Waals surface area contributed by atoms with Crippen LogP contribution in [0.25, 0.3) is 0 Å². The van der Waals surface area contributed by atoms with E-state index in [9.17, 15) is 9.59 Å². The molecule has 0 saturated carbocycles.